The molecule has 1 saturated carbocycles. The smallest absolute Gasteiger partial charge is 0.240 e. The van der Waals surface area contributed by atoms with Gasteiger partial charge in [0.1, 0.15) is 0 Å². The van der Waals surface area contributed by atoms with Crippen LogP contribution >= 0.6 is 0 Å². The molecule has 2 rings (SSSR count). The Kier molecular flexibility index (Phi) is 5.05. The zero-order chi connectivity index (χ0) is 14.6. The molecule has 1 aromatic carbocycles. The van der Waals surface area contributed by atoms with Gasteiger partial charge in [0.05, 0.1) is 4.90 Å². The Labute approximate surface area is 121 Å². The Morgan fingerprint density at radius 2 is 1.95 bits per heavy atom. The van der Waals surface area contributed by atoms with Crippen molar-refractivity contribution in [2.24, 2.45) is 5.92 Å². The molecule has 112 valence electrons. The van der Waals surface area contributed by atoms with E-state index in [0.717, 1.165) is 12.0 Å². The van der Waals surface area contributed by atoms with Crippen LogP contribution in [-0.4, -0.2) is 15.0 Å². The summed E-state index contributed by atoms with van der Waals surface area (Å²) in [6.07, 6.45) is 7.31. The number of nitrogens with one attached hydrogen (secondary N) is 1. The number of aryl methyl sites for hydroxylation is 1. The third kappa shape index (κ3) is 3.96. The fourth-order valence-electron chi connectivity index (χ4n) is 2.77. The lowest BCUT2D eigenvalue weighted by Crippen LogP contribution is -2.26. The predicted octanol–water partition coefficient (Wildman–Crippen LogP) is 2.83. The number of nitrogen functional groups attached to an aromatic ring is 1. The van der Waals surface area contributed by atoms with E-state index in [2.05, 4.69) is 4.72 Å². The van der Waals surface area contributed by atoms with Crippen LogP contribution < -0.4 is 10.5 Å². The zero-order valence-electron chi connectivity index (χ0n) is 12.1. The Morgan fingerprint density at radius 3 is 2.60 bits per heavy atom. The third-order valence-corrected chi connectivity index (χ3v) is 5.58. The topological polar surface area (TPSA) is 72.2 Å². The first-order valence-corrected chi connectivity index (χ1v) is 8.83. The predicted molar refractivity (Wildman–Crippen MR) is 82.0 cm³/mol. The summed E-state index contributed by atoms with van der Waals surface area (Å²) in [5.41, 5.74) is 7.12. The number of hydrogen-bond donors (Lipinski definition) is 2. The zero-order valence-corrected chi connectivity index (χ0v) is 12.9. The highest BCUT2D eigenvalue weighted by Crippen LogP contribution is 2.26. The molecule has 20 heavy (non-hydrogen) atoms. The monoisotopic (exact) mass is 296 g/mol. The van der Waals surface area contributed by atoms with E-state index >= 15 is 0 Å². The molecule has 1 aliphatic carbocycles. The minimum atomic E-state index is -3.41. The summed E-state index contributed by atoms with van der Waals surface area (Å²) >= 11 is 0. The summed E-state index contributed by atoms with van der Waals surface area (Å²) in [6, 6.07) is 4.83. The molecule has 0 saturated heterocycles. The number of benzene rings is 1. The average Bonchev–Trinajstić information content (AvgIpc) is 2.43. The van der Waals surface area contributed by atoms with Gasteiger partial charge in [0.2, 0.25) is 10.0 Å². The molecule has 0 heterocycles. The summed E-state index contributed by atoms with van der Waals surface area (Å²) in [7, 11) is -3.41. The van der Waals surface area contributed by atoms with Crippen molar-refractivity contribution in [3.8, 4) is 0 Å². The molecule has 0 spiro atoms. The highest BCUT2D eigenvalue weighted by atomic mass is 32.2. The summed E-state index contributed by atoms with van der Waals surface area (Å²) < 4.78 is 27.1. The highest BCUT2D eigenvalue weighted by molar-refractivity contribution is 7.89. The van der Waals surface area contributed by atoms with E-state index in [9.17, 15) is 8.42 Å². The van der Waals surface area contributed by atoms with Crippen molar-refractivity contribution in [3.05, 3.63) is 23.8 Å². The maximum absolute atomic E-state index is 12.2. The number of rotatable bonds is 5. The number of hydrogen-bond acceptors (Lipinski definition) is 3. The van der Waals surface area contributed by atoms with Crippen molar-refractivity contribution in [2.75, 3.05) is 12.3 Å². The van der Waals surface area contributed by atoms with Gasteiger partial charge >= 0.3 is 0 Å². The molecule has 1 fully saturated rings. The Balaban J connectivity index is 1.91. The van der Waals surface area contributed by atoms with Crippen molar-refractivity contribution in [2.45, 2.75) is 50.3 Å². The van der Waals surface area contributed by atoms with Gasteiger partial charge in [0.25, 0.3) is 0 Å². The minimum absolute atomic E-state index is 0.299. The molecule has 0 amide bonds. The van der Waals surface area contributed by atoms with Gasteiger partial charge in [-0.05, 0) is 43.0 Å². The first-order valence-electron chi connectivity index (χ1n) is 7.35. The van der Waals surface area contributed by atoms with Gasteiger partial charge in [-0.15, -0.1) is 0 Å². The molecule has 0 radical (unpaired) electrons. The van der Waals surface area contributed by atoms with Crippen LogP contribution in [0.15, 0.2) is 23.1 Å². The molecule has 1 aromatic rings. The van der Waals surface area contributed by atoms with Gasteiger partial charge in [0.15, 0.2) is 0 Å². The van der Waals surface area contributed by atoms with Crippen LogP contribution in [0.4, 0.5) is 5.69 Å². The molecular weight excluding hydrogens is 272 g/mol. The van der Waals surface area contributed by atoms with Crippen LogP contribution in [0.2, 0.25) is 0 Å². The van der Waals surface area contributed by atoms with Gasteiger partial charge in [0, 0.05) is 12.2 Å². The average molecular weight is 296 g/mol. The molecule has 0 unspecified atom stereocenters. The van der Waals surface area contributed by atoms with Crippen molar-refractivity contribution < 1.29 is 8.42 Å². The summed E-state index contributed by atoms with van der Waals surface area (Å²) in [4.78, 5) is 0.299. The maximum atomic E-state index is 12.2. The fraction of sp³-hybridized carbons (Fsp3) is 0.600. The van der Waals surface area contributed by atoms with Gasteiger partial charge in [-0.3, -0.25) is 0 Å². The van der Waals surface area contributed by atoms with E-state index < -0.39 is 10.0 Å². The van der Waals surface area contributed by atoms with Gasteiger partial charge in [-0.1, -0.05) is 32.1 Å². The lowest BCUT2D eigenvalue weighted by molar-refractivity contribution is 0.339. The van der Waals surface area contributed by atoms with Crippen molar-refractivity contribution in [1.29, 1.82) is 0 Å². The normalized spacial score (nSPS) is 17.2. The summed E-state index contributed by atoms with van der Waals surface area (Å²) in [6.45, 7) is 2.34. The van der Waals surface area contributed by atoms with Crippen molar-refractivity contribution in [1.82, 2.24) is 4.72 Å². The third-order valence-electron chi connectivity index (χ3n) is 4.12. The second-order valence-electron chi connectivity index (χ2n) is 5.71. The second kappa shape index (κ2) is 6.59. The molecule has 0 atom stereocenters. The van der Waals surface area contributed by atoms with Crippen LogP contribution in [0.1, 0.15) is 44.1 Å². The molecule has 1 aliphatic rings. The number of anilines is 1. The van der Waals surface area contributed by atoms with Gasteiger partial charge < -0.3 is 5.73 Å². The molecule has 4 nitrogen and oxygen atoms in total. The van der Waals surface area contributed by atoms with Crippen LogP contribution in [-0.2, 0) is 10.0 Å². The second-order valence-corrected chi connectivity index (χ2v) is 7.48. The van der Waals surface area contributed by atoms with Crippen LogP contribution in [0, 0.1) is 12.8 Å². The first-order chi connectivity index (χ1) is 9.49. The van der Waals surface area contributed by atoms with E-state index in [1.165, 1.54) is 32.1 Å². The molecule has 5 heteroatoms. The van der Waals surface area contributed by atoms with E-state index in [0.29, 0.717) is 23.0 Å². The number of sulfonamides is 1. The lowest BCUT2D eigenvalue weighted by Gasteiger charge is -2.21. The van der Waals surface area contributed by atoms with E-state index in [-0.39, 0.29) is 0 Å². The summed E-state index contributed by atoms with van der Waals surface area (Å²) in [5, 5.41) is 0. The minimum Gasteiger partial charge on any atom is -0.399 e. The fourth-order valence-corrected chi connectivity index (χ4v) is 3.90. The van der Waals surface area contributed by atoms with E-state index in [1.807, 2.05) is 6.92 Å². The maximum Gasteiger partial charge on any atom is 0.240 e. The first kappa shape index (κ1) is 15.3. The van der Waals surface area contributed by atoms with Crippen LogP contribution in [0.3, 0.4) is 0 Å². The lowest BCUT2D eigenvalue weighted by atomic mass is 9.87. The SMILES string of the molecule is Cc1cc(S(=O)(=O)NCCC2CCCCC2)ccc1N. The largest absolute Gasteiger partial charge is 0.399 e. The molecule has 0 aromatic heterocycles. The highest BCUT2D eigenvalue weighted by Gasteiger charge is 2.17. The molecule has 3 N–H and O–H groups in total. The van der Waals surface area contributed by atoms with Gasteiger partial charge in [-0.2, -0.15) is 0 Å². The van der Waals surface area contributed by atoms with Crippen LogP contribution in [0.5, 0.6) is 0 Å². The van der Waals surface area contributed by atoms with Crippen molar-refractivity contribution >= 4 is 15.7 Å². The summed E-state index contributed by atoms with van der Waals surface area (Å²) in [5.74, 6) is 0.680. The Bertz CT molecular complexity index is 549. The quantitative estimate of drug-likeness (QED) is 0.821. The van der Waals surface area contributed by atoms with E-state index in [1.54, 1.807) is 18.2 Å². The van der Waals surface area contributed by atoms with Crippen LogP contribution in [0.25, 0.3) is 0 Å². The molecule has 0 aliphatic heterocycles. The van der Waals surface area contributed by atoms with E-state index in [4.69, 9.17) is 5.73 Å². The van der Waals surface area contributed by atoms with Crippen molar-refractivity contribution in [3.63, 3.8) is 0 Å². The standard InChI is InChI=1S/C15H24N2O2S/c1-12-11-14(7-8-15(12)16)20(18,19)17-10-9-13-5-3-2-4-6-13/h7-8,11,13,17H,2-6,9-10,16H2,1H3. The Morgan fingerprint density at radius 1 is 1.25 bits per heavy atom. The Hall–Kier alpha value is -1.07. The molecule has 0 bridgehead atoms. The number of nitrogens with two attached hydrogens (primary N) is 1. The molecular formula is C15H24N2O2S. The van der Waals surface area contributed by atoms with Gasteiger partial charge in [-0.25, -0.2) is 13.1 Å².